The molecule has 0 radical (unpaired) electrons. The van der Waals surface area contributed by atoms with Crippen LogP contribution in [0.2, 0.25) is 5.15 Å². The van der Waals surface area contributed by atoms with Gasteiger partial charge in [0, 0.05) is 6.07 Å². The average Bonchev–Trinajstić information content (AvgIpc) is 3.14. The van der Waals surface area contributed by atoms with Crippen LogP contribution in [-0.4, -0.2) is 16.2 Å². The van der Waals surface area contributed by atoms with Gasteiger partial charge in [-0.15, -0.1) is 10.2 Å². The fourth-order valence-corrected chi connectivity index (χ4v) is 3.25. The Morgan fingerprint density at radius 1 is 1.04 bits per heavy atom. The first-order valence-corrected chi connectivity index (χ1v) is 9.08. The van der Waals surface area contributed by atoms with Gasteiger partial charge in [0.1, 0.15) is 5.75 Å². The van der Waals surface area contributed by atoms with Crippen molar-refractivity contribution in [3.63, 3.8) is 0 Å². The lowest BCUT2D eigenvalue weighted by Crippen LogP contribution is -2.10. The Kier molecular flexibility index (Phi) is 4.77. The lowest BCUT2D eigenvalue weighted by atomic mass is 10.1. The maximum Gasteiger partial charge on any atom is 0.343 e. The molecule has 0 atom stereocenters. The summed E-state index contributed by atoms with van der Waals surface area (Å²) in [6.07, 6.45) is 3.08. The van der Waals surface area contributed by atoms with Gasteiger partial charge in [-0.1, -0.05) is 41.4 Å². The Balaban J connectivity index is 1.62. The summed E-state index contributed by atoms with van der Waals surface area (Å²) in [7, 11) is 0. The summed E-state index contributed by atoms with van der Waals surface area (Å²) in [5.74, 6) is 0.438. The van der Waals surface area contributed by atoms with E-state index >= 15 is 0 Å². The number of carbonyl (C=O) groups excluding carboxylic acids is 1. The average molecular weight is 381 g/mol. The van der Waals surface area contributed by atoms with Crippen molar-refractivity contribution in [2.24, 2.45) is 0 Å². The zero-order chi connectivity index (χ0) is 18.8. The Hall–Kier alpha value is -2.92. The number of aryl methyl sites for hydroxylation is 2. The molecule has 0 fully saturated rings. The molecule has 27 heavy (non-hydrogen) atoms. The van der Waals surface area contributed by atoms with E-state index in [1.807, 2.05) is 31.2 Å². The van der Waals surface area contributed by atoms with Crippen LogP contribution in [0.3, 0.4) is 0 Å². The van der Waals surface area contributed by atoms with E-state index in [1.165, 1.54) is 11.6 Å². The van der Waals surface area contributed by atoms with E-state index in [-0.39, 0.29) is 16.8 Å². The summed E-state index contributed by atoms with van der Waals surface area (Å²) in [5, 5.41) is 7.92. The number of fused-ring (bicyclic) bond motifs is 1. The molecule has 0 bridgehead atoms. The van der Waals surface area contributed by atoms with Gasteiger partial charge < -0.3 is 9.47 Å². The third kappa shape index (κ3) is 3.78. The lowest BCUT2D eigenvalue weighted by Gasteiger charge is -2.12. The number of carbonyl (C=O) groups is 1. The fraction of sp³-hybridized carbons (Fsp3) is 0.190. The van der Waals surface area contributed by atoms with Crippen molar-refractivity contribution in [1.29, 1.82) is 0 Å². The van der Waals surface area contributed by atoms with Crippen LogP contribution in [0, 0.1) is 6.92 Å². The maximum atomic E-state index is 12.5. The number of ether oxygens (including phenoxy) is 2. The predicted octanol–water partition coefficient (Wildman–Crippen LogP) is 4.94. The number of esters is 1. The Labute approximate surface area is 161 Å². The molecule has 0 spiro atoms. The van der Waals surface area contributed by atoms with Crippen molar-refractivity contribution in [1.82, 2.24) is 10.2 Å². The molecule has 0 saturated heterocycles. The number of hydrogen-bond donors (Lipinski definition) is 0. The topological polar surface area (TPSA) is 61.3 Å². The van der Waals surface area contributed by atoms with Crippen molar-refractivity contribution in [2.45, 2.75) is 26.2 Å². The summed E-state index contributed by atoms with van der Waals surface area (Å²) in [4.78, 5) is 12.5. The minimum absolute atomic E-state index is 0.111. The van der Waals surface area contributed by atoms with Gasteiger partial charge in [0.15, 0.2) is 10.9 Å². The van der Waals surface area contributed by atoms with E-state index in [1.54, 1.807) is 12.1 Å². The Bertz CT molecular complexity index is 1000. The van der Waals surface area contributed by atoms with Crippen molar-refractivity contribution >= 4 is 17.6 Å². The van der Waals surface area contributed by atoms with Crippen LogP contribution in [0.4, 0.5) is 0 Å². The summed E-state index contributed by atoms with van der Waals surface area (Å²) in [6.45, 7) is 1.95. The van der Waals surface area contributed by atoms with E-state index in [0.717, 1.165) is 30.4 Å². The SMILES string of the molecule is Cc1ccc(C(=O)Oc2cc(Cl)nnc2Oc2cccc3c2CCC3)cc1. The first-order valence-electron chi connectivity index (χ1n) is 8.71. The quantitative estimate of drug-likeness (QED) is 0.600. The van der Waals surface area contributed by atoms with Gasteiger partial charge >= 0.3 is 5.97 Å². The summed E-state index contributed by atoms with van der Waals surface area (Å²) in [6, 6.07) is 14.5. The van der Waals surface area contributed by atoms with Gasteiger partial charge in [-0.25, -0.2) is 4.79 Å². The maximum absolute atomic E-state index is 12.5. The molecule has 5 nitrogen and oxygen atoms in total. The van der Waals surface area contributed by atoms with E-state index < -0.39 is 5.97 Å². The molecule has 136 valence electrons. The molecule has 0 amide bonds. The Morgan fingerprint density at radius 3 is 2.67 bits per heavy atom. The number of benzene rings is 2. The van der Waals surface area contributed by atoms with Gasteiger partial charge in [-0.2, -0.15) is 0 Å². The summed E-state index contributed by atoms with van der Waals surface area (Å²) < 4.78 is 11.4. The third-order valence-corrected chi connectivity index (χ3v) is 4.68. The first-order chi connectivity index (χ1) is 13.1. The number of rotatable bonds is 4. The fourth-order valence-electron chi connectivity index (χ4n) is 3.12. The normalized spacial score (nSPS) is 12.5. The van der Waals surface area contributed by atoms with Crippen molar-refractivity contribution in [3.8, 4) is 17.4 Å². The summed E-state index contributed by atoms with van der Waals surface area (Å²) >= 11 is 5.94. The molecule has 6 heteroatoms. The smallest absolute Gasteiger partial charge is 0.343 e. The minimum atomic E-state index is -0.512. The second-order valence-corrected chi connectivity index (χ2v) is 6.83. The van der Waals surface area contributed by atoms with Gasteiger partial charge in [0.2, 0.25) is 0 Å². The van der Waals surface area contributed by atoms with Gasteiger partial charge in [-0.05, 0) is 55.5 Å². The highest BCUT2D eigenvalue weighted by molar-refractivity contribution is 6.29. The molecular formula is C21H17ClN2O3. The van der Waals surface area contributed by atoms with E-state index in [9.17, 15) is 4.79 Å². The predicted molar refractivity (Wildman–Crippen MR) is 102 cm³/mol. The highest BCUT2D eigenvalue weighted by Gasteiger charge is 2.20. The molecular weight excluding hydrogens is 364 g/mol. The lowest BCUT2D eigenvalue weighted by molar-refractivity contribution is 0.0729. The molecule has 2 aromatic carbocycles. The van der Waals surface area contributed by atoms with E-state index in [4.69, 9.17) is 21.1 Å². The van der Waals surface area contributed by atoms with Crippen LogP contribution in [0.5, 0.6) is 17.4 Å². The number of hydrogen-bond acceptors (Lipinski definition) is 5. The molecule has 1 aliphatic carbocycles. The van der Waals surface area contributed by atoms with Crippen molar-refractivity contribution < 1.29 is 14.3 Å². The minimum Gasteiger partial charge on any atom is -0.435 e. The van der Waals surface area contributed by atoms with Gasteiger partial charge in [-0.3, -0.25) is 0 Å². The molecule has 3 aromatic rings. The van der Waals surface area contributed by atoms with Crippen LogP contribution in [0.15, 0.2) is 48.5 Å². The summed E-state index contributed by atoms with van der Waals surface area (Å²) in [5.41, 5.74) is 3.92. The molecule has 1 heterocycles. The number of nitrogens with zero attached hydrogens (tertiary/aromatic N) is 2. The molecule has 0 saturated carbocycles. The molecule has 4 rings (SSSR count). The first kappa shape index (κ1) is 17.5. The number of halogens is 1. The molecule has 0 unspecified atom stereocenters. The van der Waals surface area contributed by atoms with Crippen LogP contribution in [0.1, 0.15) is 33.5 Å². The monoisotopic (exact) mass is 380 g/mol. The highest BCUT2D eigenvalue weighted by atomic mass is 35.5. The van der Waals surface area contributed by atoms with Crippen molar-refractivity contribution in [3.05, 3.63) is 75.9 Å². The van der Waals surface area contributed by atoms with Gasteiger partial charge in [0.05, 0.1) is 5.56 Å². The highest BCUT2D eigenvalue weighted by Crippen LogP contribution is 2.36. The largest absolute Gasteiger partial charge is 0.435 e. The van der Waals surface area contributed by atoms with E-state index in [2.05, 4.69) is 16.3 Å². The molecule has 0 N–H and O–H groups in total. The van der Waals surface area contributed by atoms with Crippen LogP contribution < -0.4 is 9.47 Å². The van der Waals surface area contributed by atoms with Crippen molar-refractivity contribution in [2.75, 3.05) is 0 Å². The molecule has 1 aliphatic rings. The molecule has 1 aromatic heterocycles. The second-order valence-electron chi connectivity index (χ2n) is 6.44. The van der Waals surface area contributed by atoms with Gasteiger partial charge in [0.25, 0.3) is 5.88 Å². The van der Waals surface area contributed by atoms with E-state index in [0.29, 0.717) is 11.3 Å². The zero-order valence-electron chi connectivity index (χ0n) is 14.7. The van der Waals surface area contributed by atoms with Crippen LogP contribution in [-0.2, 0) is 12.8 Å². The number of aromatic nitrogens is 2. The standard InChI is InChI=1S/C21H17ClN2O3/c1-13-8-10-15(11-9-13)21(25)27-18-12-19(22)23-24-20(18)26-17-7-3-5-14-4-2-6-16(14)17/h3,5,7-12H,2,4,6H2,1H3. The molecule has 0 aliphatic heterocycles. The third-order valence-electron chi connectivity index (χ3n) is 4.50. The zero-order valence-corrected chi connectivity index (χ0v) is 15.5. The van der Waals surface area contributed by atoms with Crippen LogP contribution in [0.25, 0.3) is 0 Å². The van der Waals surface area contributed by atoms with Crippen LogP contribution >= 0.6 is 11.6 Å². The second kappa shape index (κ2) is 7.37. The Morgan fingerprint density at radius 2 is 1.85 bits per heavy atom.